The first-order chi connectivity index (χ1) is 10.2. The Bertz CT molecular complexity index is 577. The monoisotopic (exact) mass is 282 g/mol. The molecule has 0 radical (unpaired) electrons. The highest BCUT2D eigenvalue weighted by molar-refractivity contribution is 5.46. The van der Waals surface area contributed by atoms with Gasteiger partial charge in [-0.05, 0) is 36.8 Å². The summed E-state index contributed by atoms with van der Waals surface area (Å²) in [4.78, 5) is 4.92. The summed E-state index contributed by atoms with van der Waals surface area (Å²) in [6.07, 6.45) is 0. The van der Waals surface area contributed by atoms with Gasteiger partial charge in [0.05, 0.1) is 0 Å². The second-order valence-electron chi connectivity index (χ2n) is 5.63. The van der Waals surface area contributed by atoms with Gasteiger partial charge in [-0.25, -0.2) is 0 Å². The van der Waals surface area contributed by atoms with E-state index in [1.165, 1.54) is 11.3 Å². The van der Waals surface area contributed by atoms with Crippen molar-refractivity contribution < 1.29 is 5.11 Å². The maximum atomic E-state index is 9.62. The minimum atomic E-state index is 0.343. The minimum absolute atomic E-state index is 0.343. The average molecular weight is 282 g/mol. The molecule has 0 aliphatic carbocycles. The van der Waals surface area contributed by atoms with Gasteiger partial charge in [0, 0.05) is 37.9 Å². The maximum Gasteiger partial charge on any atom is 0.115 e. The lowest BCUT2D eigenvalue weighted by molar-refractivity contribution is 0.198. The lowest BCUT2D eigenvalue weighted by Crippen LogP contribution is -2.47. The van der Waals surface area contributed by atoms with Crippen molar-refractivity contribution >= 4 is 5.69 Å². The smallest absolute Gasteiger partial charge is 0.115 e. The van der Waals surface area contributed by atoms with Crippen molar-refractivity contribution in [3.63, 3.8) is 0 Å². The van der Waals surface area contributed by atoms with Crippen LogP contribution in [0.1, 0.15) is 18.5 Å². The van der Waals surface area contributed by atoms with Crippen molar-refractivity contribution in [2.75, 3.05) is 31.1 Å². The third kappa shape index (κ3) is 3.19. The van der Waals surface area contributed by atoms with Gasteiger partial charge in [-0.2, -0.15) is 0 Å². The number of phenols is 1. The van der Waals surface area contributed by atoms with Crippen LogP contribution in [0, 0.1) is 0 Å². The number of hydrogen-bond donors (Lipinski definition) is 1. The van der Waals surface area contributed by atoms with Crippen LogP contribution in [-0.4, -0.2) is 36.2 Å². The number of rotatable bonds is 3. The van der Waals surface area contributed by atoms with Crippen molar-refractivity contribution in [3.8, 4) is 5.75 Å². The van der Waals surface area contributed by atoms with Crippen LogP contribution in [-0.2, 0) is 0 Å². The first kappa shape index (κ1) is 14.0. The van der Waals surface area contributed by atoms with Crippen LogP contribution in [0.25, 0.3) is 0 Å². The van der Waals surface area contributed by atoms with Crippen LogP contribution >= 0.6 is 0 Å². The Morgan fingerprint density at radius 2 is 1.62 bits per heavy atom. The Morgan fingerprint density at radius 1 is 0.905 bits per heavy atom. The number of piperazine rings is 1. The second kappa shape index (κ2) is 6.19. The molecule has 1 N–H and O–H groups in total. The number of aromatic hydroxyl groups is 1. The molecular formula is C18H22N2O. The summed E-state index contributed by atoms with van der Waals surface area (Å²) >= 11 is 0. The fourth-order valence-electron chi connectivity index (χ4n) is 3.00. The maximum absolute atomic E-state index is 9.62. The third-order valence-corrected chi connectivity index (χ3v) is 4.34. The molecule has 1 aliphatic rings. The molecule has 110 valence electrons. The highest BCUT2D eigenvalue weighted by atomic mass is 16.3. The zero-order valence-electron chi connectivity index (χ0n) is 12.4. The molecule has 1 saturated heterocycles. The van der Waals surface area contributed by atoms with E-state index in [1.807, 2.05) is 12.1 Å². The van der Waals surface area contributed by atoms with Gasteiger partial charge in [0.15, 0.2) is 0 Å². The fourth-order valence-corrected chi connectivity index (χ4v) is 3.00. The molecule has 2 aromatic rings. The standard InChI is InChI=1S/C18H22N2O/c1-15(16-6-5-9-18(21)14-16)19-10-12-20(13-11-19)17-7-3-2-4-8-17/h2-9,14-15,21H,10-13H2,1H3. The molecule has 1 unspecified atom stereocenters. The molecule has 2 aromatic carbocycles. The largest absolute Gasteiger partial charge is 0.508 e. The quantitative estimate of drug-likeness (QED) is 0.936. The molecule has 1 atom stereocenters. The molecule has 0 bridgehead atoms. The summed E-state index contributed by atoms with van der Waals surface area (Å²) in [6.45, 7) is 6.41. The normalized spacial score (nSPS) is 17.7. The Labute approximate surface area is 126 Å². The molecule has 0 aromatic heterocycles. The van der Waals surface area contributed by atoms with Gasteiger partial charge in [0.25, 0.3) is 0 Å². The fraction of sp³-hybridized carbons (Fsp3) is 0.333. The third-order valence-electron chi connectivity index (χ3n) is 4.34. The van der Waals surface area contributed by atoms with Gasteiger partial charge in [-0.1, -0.05) is 30.3 Å². The molecule has 21 heavy (non-hydrogen) atoms. The molecule has 3 heteroatoms. The summed E-state index contributed by atoms with van der Waals surface area (Å²) in [6, 6.07) is 18.5. The number of anilines is 1. The van der Waals surface area contributed by atoms with Gasteiger partial charge < -0.3 is 10.0 Å². The molecule has 1 aliphatic heterocycles. The van der Waals surface area contributed by atoms with Crippen molar-refractivity contribution in [2.45, 2.75) is 13.0 Å². The van der Waals surface area contributed by atoms with E-state index in [0.717, 1.165) is 26.2 Å². The lowest BCUT2D eigenvalue weighted by atomic mass is 10.1. The highest BCUT2D eigenvalue weighted by Gasteiger charge is 2.22. The topological polar surface area (TPSA) is 26.7 Å². The van der Waals surface area contributed by atoms with E-state index in [4.69, 9.17) is 0 Å². The van der Waals surface area contributed by atoms with Crippen LogP contribution in [0.3, 0.4) is 0 Å². The van der Waals surface area contributed by atoms with E-state index in [1.54, 1.807) is 6.07 Å². The molecular weight excluding hydrogens is 260 g/mol. The van der Waals surface area contributed by atoms with Crippen LogP contribution < -0.4 is 4.90 Å². The van der Waals surface area contributed by atoms with E-state index in [-0.39, 0.29) is 0 Å². The van der Waals surface area contributed by atoms with Crippen LogP contribution in [0.4, 0.5) is 5.69 Å². The van der Waals surface area contributed by atoms with E-state index in [0.29, 0.717) is 11.8 Å². The predicted molar refractivity (Wildman–Crippen MR) is 86.7 cm³/mol. The number of hydrogen-bond acceptors (Lipinski definition) is 3. The van der Waals surface area contributed by atoms with Crippen LogP contribution in [0.2, 0.25) is 0 Å². The number of benzene rings is 2. The molecule has 1 fully saturated rings. The summed E-state index contributed by atoms with van der Waals surface area (Å²) in [5.74, 6) is 0.349. The minimum Gasteiger partial charge on any atom is -0.508 e. The summed E-state index contributed by atoms with van der Waals surface area (Å²) in [5.41, 5.74) is 2.49. The zero-order chi connectivity index (χ0) is 14.7. The van der Waals surface area contributed by atoms with Crippen LogP contribution in [0.15, 0.2) is 54.6 Å². The Balaban J connectivity index is 1.63. The predicted octanol–water partition coefficient (Wildman–Crippen LogP) is 3.28. The molecule has 3 nitrogen and oxygen atoms in total. The Kier molecular flexibility index (Phi) is 4.11. The zero-order valence-corrected chi connectivity index (χ0v) is 12.4. The van der Waals surface area contributed by atoms with Gasteiger partial charge in [-0.15, -0.1) is 0 Å². The van der Waals surface area contributed by atoms with Crippen LogP contribution in [0.5, 0.6) is 5.75 Å². The Morgan fingerprint density at radius 3 is 2.29 bits per heavy atom. The SMILES string of the molecule is CC(c1cccc(O)c1)N1CCN(c2ccccc2)CC1. The molecule has 0 spiro atoms. The molecule has 0 saturated carbocycles. The molecule has 0 amide bonds. The summed E-state index contributed by atoms with van der Waals surface area (Å²) in [7, 11) is 0. The van der Waals surface area contributed by atoms with Gasteiger partial charge in [0.2, 0.25) is 0 Å². The lowest BCUT2D eigenvalue weighted by Gasteiger charge is -2.39. The van der Waals surface area contributed by atoms with Gasteiger partial charge in [0.1, 0.15) is 5.75 Å². The summed E-state index contributed by atoms with van der Waals surface area (Å²) < 4.78 is 0. The first-order valence-corrected chi connectivity index (χ1v) is 7.57. The van der Waals surface area contributed by atoms with Crippen molar-refractivity contribution in [1.82, 2.24) is 4.90 Å². The average Bonchev–Trinajstić information content (AvgIpc) is 2.55. The second-order valence-corrected chi connectivity index (χ2v) is 5.63. The van der Waals surface area contributed by atoms with Crippen molar-refractivity contribution in [2.24, 2.45) is 0 Å². The molecule has 3 rings (SSSR count). The van der Waals surface area contributed by atoms with Gasteiger partial charge in [-0.3, -0.25) is 4.90 Å². The number of nitrogens with zero attached hydrogens (tertiary/aromatic N) is 2. The first-order valence-electron chi connectivity index (χ1n) is 7.57. The van der Waals surface area contributed by atoms with Crippen molar-refractivity contribution in [1.29, 1.82) is 0 Å². The summed E-state index contributed by atoms with van der Waals surface area (Å²) in [5, 5.41) is 9.62. The van der Waals surface area contributed by atoms with E-state index in [2.05, 4.69) is 53.1 Å². The van der Waals surface area contributed by atoms with E-state index in [9.17, 15) is 5.11 Å². The number of para-hydroxylation sites is 1. The van der Waals surface area contributed by atoms with E-state index < -0.39 is 0 Å². The number of phenolic OH excluding ortho intramolecular Hbond substituents is 1. The van der Waals surface area contributed by atoms with Gasteiger partial charge >= 0.3 is 0 Å². The Hall–Kier alpha value is -2.00. The highest BCUT2D eigenvalue weighted by Crippen LogP contribution is 2.25. The van der Waals surface area contributed by atoms with E-state index >= 15 is 0 Å². The molecule has 1 heterocycles. The van der Waals surface area contributed by atoms with Crippen molar-refractivity contribution in [3.05, 3.63) is 60.2 Å².